The van der Waals surface area contributed by atoms with Gasteiger partial charge in [-0.05, 0) is 38.0 Å². The Morgan fingerprint density at radius 1 is 1.32 bits per heavy atom. The highest BCUT2D eigenvalue weighted by molar-refractivity contribution is 6.31. The van der Waals surface area contributed by atoms with Gasteiger partial charge in [0.2, 0.25) is 5.91 Å². The Kier molecular flexibility index (Phi) is 5.51. The van der Waals surface area contributed by atoms with Crippen molar-refractivity contribution >= 4 is 34.1 Å². The summed E-state index contributed by atoms with van der Waals surface area (Å²) < 4.78 is 2.03. The summed E-state index contributed by atoms with van der Waals surface area (Å²) in [6, 6.07) is 5.69. The Bertz CT molecular complexity index is 992. The van der Waals surface area contributed by atoms with Crippen molar-refractivity contribution in [3.63, 3.8) is 0 Å². The summed E-state index contributed by atoms with van der Waals surface area (Å²) in [6.07, 6.45) is 7.55. The summed E-state index contributed by atoms with van der Waals surface area (Å²) in [6.45, 7) is 3.77. The van der Waals surface area contributed by atoms with E-state index in [0.29, 0.717) is 35.4 Å². The number of carbonyl (C=O) groups is 1. The minimum Gasteiger partial charge on any atom is -0.352 e. The lowest BCUT2D eigenvalue weighted by Crippen LogP contribution is -2.42. The average molecular weight is 401 g/mol. The second kappa shape index (κ2) is 8.05. The number of nitrogens with one attached hydrogen (secondary N) is 1. The molecular formula is C21H25ClN4O2. The third kappa shape index (κ3) is 3.98. The molecule has 2 heterocycles. The summed E-state index contributed by atoms with van der Waals surface area (Å²) in [4.78, 5) is 30.9. The van der Waals surface area contributed by atoms with Crippen LogP contribution in [0.5, 0.6) is 0 Å². The molecule has 1 aromatic heterocycles. The molecule has 28 heavy (non-hydrogen) atoms. The number of aryl methyl sites for hydroxylation is 1. The van der Waals surface area contributed by atoms with Crippen LogP contribution >= 0.6 is 11.6 Å². The van der Waals surface area contributed by atoms with Crippen LogP contribution in [0, 0.1) is 6.92 Å². The van der Waals surface area contributed by atoms with Crippen LogP contribution in [0.2, 0.25) is 5.02 Å². The quantitative estimate of drug-likeness (QED) is 0.856. The lowest BCUT2D eigenvalue weighted by Gasteiger charge is -2.28. The third-order valence-electron chi connectivity index (χ3n) is 5.66. The van der Waals surface area contributed by atoms with Crippen molar-refractivity contribution in [1.29, 1.82) is 0 Å². The van der Waals surface area contributed by atoms with Gasteiger partial charge >= 0.3 is 0 Å². The molecule has 2 aromatic rings. The highest BCUT2D eigenvalue weighted by Crippen LogP contribution is 2.24. The maximum absolute atomic E-state index is 12.3. The number of benzene rings is 1. The first kappa shape index (κ1) is 19.2. The van der Waals surface area contributed by atoms with E-state index in [1.165, 1.54) is 12.8 Å². The number of aromatic nitrogens is 2. The summed E-state index contributed by atoms with van der Waals surface area (Å²) >= 11 is 6.06. The van der Waals surface area contributed by atoms with Crippen LogP contribution in [0.4, 0.5) is 0 Å². The summed E-state index contributed by atoms with van der Waals surface area (Å²) in [5.74, 6) is 0.781. The zero-order chi connectivity index (χ0) is 19.7. The van der Waals surface area contributed by atoms with Gasteiger partial charge in [0.05, 0.1) is 17.4 Å². The van der Waals surface area contributed by atoms with Gasteiger partial charge in [-0.15, -0.1) is 0 Å². The van der Waals surface area contributed by atoms with Crippen molar-refractivity contribution in [2.75, 3.05) is 19.6 Å². The minimum absolute atomic E-state index is 0.116. The SMILES string of the molecule is Cc1nc(=O)c2cc(Cl)ccc2n1C1=CCN(CC(=O)NC2CCCC2)CC1. The highest BCUT2D eigenvalue weighted by Gasteiger charge is 2.21. The van der Waals surface area contributed by atoms with E-state index in [-0.39, 0.29) is 11.5 Å². The Balaban J connectivity index is 1.51. The molecule has 0 unspecified atom stereocenters. The number of hydrogen-bond acceptors (Lipinski definition) is 4. The van der Waals surface area contributed by atoms with E-state index in [2.05, 4.69) is 21.3 Å². The Hall–Kier alpha value is -2.18. The van der Waals surface area contributed by atoms with E-state index >= 15 is 0 Å². The molecule has 6 nitrogen and oxygen atoms in total. The van der Waals surface area contributed by atoms with Crippen LogP contribution in [0.3, 0.4) is 0 Å². The zero-order valence-electron chi connectivity index (χ0n) is 16.1. The maximum atomic E-state index is 12.3. The average Bonchev–Trinajstić information content (AvgIpc) is 3.16. The molecule has 1 N–H and O–H groups in total. The van der Waals surface area contributed by atoms with Crippen molar-refractivity contribution in [2.24, 2.45) is 0 Å². The van der Waals surface area contributed by atoms with E-state index in [1.807, 2.05) is 17.6 Å². The van der Waals surface area contributed by atoms with Crippen LogP contribution in [0.25, 0.3) is 16.6 Å². The molecule has 4 rings (SSSR count). The molecule has 0 spiro atoms. The number of halogens is 1. The zero-order valence-corrected chi connectivity index (χ0v) is 16.8. The Labute approximate surface area is 169 Å². The highest BCUT2D eigenvalue weighted by atomic mass is 35.5. The molecule has 7 heteroatoms. The van der Waals surface area contributed by atoms with Crippen molar-refractivity contribution < 1.29 is 4.79 Å². The van der Waals surface area contributed by atoms with Crippen molar-refractivity contribution in [2.45, 2.75) is 45.1 Å². The number of carbonyl (C=O) groups excluding carboxylic acids is 1. The second-order valence-corrected chi connectivity index (χ2v) is 8.13. The number of fused-ring (bicyclic) bond motifs is 1. The Morgan fingerprint density at radius 3 is 2.82 bits per heavy atom. The first-order chi connectivity index (χ1) is 13.5. The van der Waals surface area contributed by atoms with Crippen LogP contribution in [-0.4, -0.2) is 46.0 Å². The standard InChI is InChI=1S/C21H25ClN4O2/c1-14-23-21(28)18-12-15(22)6-7-19(18)26(14)17-8-10-25(11-9-17)13-20(27)24-16-4-2-3-5-16/h6-8,12,16H,2-5,9-11,13H2,1H3,(H,24,27). The fourth-order valence-corrected chi connectivity index (χ4v) is 4.43. The number of rotatable bonds is 4. The van der Waals surface area contributed by atoms with Crippen molar-refractivity contribution in [1.82, 2.24) is 19.8 Å². The van der Waals surface area contributed by atoms with Gasteiger partial charge in [-0.25, -0.2) is 0 Å². The second-order valence-electron chi connectivity index (χ2n) is 7.69. The summed E-state index contributed by atoms with van der Waals surface area (Å²) in [7, 11) is 0. The topological polar surface area (TPSA) is 67.2 Å². The number of amides is 1. The largest absolute Gasteiger partial charge is 0.352 e. The Morgan fingerprint density at radius 2 is 2.11 bits per heavy atom. The van der Waals surface area contributed by atoms with Crippen LogP contribution in [-0.2, 0) is 4.79 Å². The van der Waals surface area contributed by atoms with Gasteiger partial charge in [0.1, 0.15) is 5.82 Å². The molecule has 148 valence electrons. The van der Waals surface area contributed by atoms with Gasteiger partial charge in [-0.1, -0.05) is 30.5 Å². The third-order valence-corrected chi connectivity index (χ3v) is 5.90. The minimum atomic E-state index is -0.257. The predicted molar refractivity (Wildman–Crippen MR) is 111 cm³/mol. The molecule has 1 aromatic carbocycles. The summed E-state index contributed by atoms with van der Waals surface area (Å²) in [5, 5.41) is 4.20. The van der Waals surface area contributed by atoms with Gasteiger partial charge in [0.15, 0.2) is 0 Å². The van der Waals surface area contributed by atoms with Crippen LogP contribution < -0.4 is 10.9 Å². The molecule has 1 aliphatic heterocycles. The fraction of sp³-hybridized carbons (Fsp3) is 0.476. The number of hydrogen-bond donors (Lipinski definition) is 1. The first-order valence-electron chi connectivity index (χ1n) is 9.91. The van der Waals surface area contributed by atoms with E-state index in [1.54, 1.807) is 12.1 Å². The van der Waals surface area contributed by atoms with E-state index in [9.17, 15) is 9.59 Å². The monoisotopic (exact) mass is 400 g/mol. The van der Waals surface area contributed by atoms with E-state index in [4.69, 9.17) is 11.6 Å². The normalized spacial score (nSPS) is 18.4. The molecule has 0 saturated heterocycles. The van der Waals surface area contributed by atoms with Crippen molar-refractivity contribution in [3.8, 4) is 0 Å². The molecular weight excluding hydrogens is 376 g/mol. The maximum Gasteiger partial charge on any atom is 0.280 e. The molecule has 1 saturated carbocycles. The number of nitrogens with zero attached hydrogens (tertiary/aromatic N) is 3. The van der Waals surface area contributed by atoms with Gasteiger partial charge in [-0.2, -0.15) is 4.98 Å². The van der Waals surface area contributed by atoms with E-state index in [0.717, 1.165) is 37.0 Å². The predicted octanol–water partition coefficient (Wildman–Crippen LogP) is 2.96. The molecule has 1 aliphatic carbocycles. The molecule has 1 amide bonds. The molecule has 0 bridgehead atoms. The molecule has 1 fully saturated rings. The van der Waals surface area contributed by atoms with Crippen LogP contribution in [0.15, 0.2) is 29.1 Å². The first-order valence-corrected chi connectivity index (χ1v) is 10.3. The lowest BCUT2D eigenvalue weighted by atomic mass is 10.1. The fourth-order valence-electron chi connectivity index (χ4n) is 4.26. The van der Waals surface area contributed by atoms with Gasteiger partial charge in [-0.3, -0.25) is 14.5 Å². The molecule has 2 aliphatic rings. The summed E-state index contributed by atoms with van der Waals surface area (Å²) in [5.41, 5.74) is 1.67. The smallest absolute Gasteiger partial charge is 0.280 e. The molecule has 0 radical (unpaired) electrons. The van der Waals surface area contributed by atoms with Crippen molar-refractivity contribution in [3.05, 3.63) is 45.5 Å². The van der Waals surface area contributed by atoms with E-state index < -0.39 is 0 Å². The van der Waals surface area contributed by atoms with Gasteiger partial charge < -0.3 is 9.88 Å². The van der Waals surface area contributed by atoms with Crippen LogP contribution in [0.1, 0.15) is 37.9 Å². The van der Waals surface area contributed by atoms with Gasteiger partial charge in [0.25, 0.3) is 5.56 Å². The molecule has 0 atom stereocenters. The lowest BCUT2D eigenvalue weighted by molar-refractivity contribution is -0.122. The van der Waals surface area contributed by atoms with Gasteiger partial charge in [0, 0.05) is 36.3 Å².